The fourth-order valence-corrected chi connectivity index (χ4v) is 3.21. The number of alkyl halides is 6. The highest BCUT2D eigenvalue weighted by molar-refractivity contribution is 5.69. The fourth-order valence-electron chi connectivity index (χ4n) is 3.21. The quantitative estimate of drug-likeness (QED) is 0.640. The summed E-state index contributed by atoms with van der Waals surface area (Å²) in [4.78, 5) is 14.8. The van der Waals surface area contributed by atoms with Crippen LogP contribution in [0.5, 0.6) is 0 Å². The molecule has 0 aliphatic carbocycles. The molecule has 1 fully saturated rings. The van der Waals surface area contributed by atoms with E-state index in [-0.39, 0.29) is 13.1 Å². The molecule has 158 valence electrons. The van der Waals surface area contributed by atoms with Gasteiger partial charge in [-0.05, 0) is 25.5 Å². The normalized spacial score (nSPS) is 17.0. The number of ether oxygens (including phenoxy) is 1. The Balaban J connectivity index is 2.02. The Morgan fingerprint density at radius 2 is 1.68 bits per heavy atom. The van der Waals surface area contributed by atoms with E-state index in [4.69, 9.17) is 0 Å². The molecule has 1 amide bonds. The van der Waals surface area contributed by atoms with E-state index in [0.717, 1.165) is 16.9 Å². The van der Waals surface area contributed by atoms with E-state index in [2.05, 4.69) is 9.64 Å². The minimum absolute atomic E-state index is 0.0128. The van der Waals surface area contributed by atoms with Crippen LogP contribution in [0.1, 0.15) is 25.8 Å². The Labute approximate surface area is 159 Å². The number of halogens is 6. The summed E-state index contributed by atoms with van der Waals surface area (Å²) in [6, 6.07) is 9.47. The number of nitrogens with zero attached hydrogens (tertiary/aromatic N) is 2. The summed E-state index contributed by atoms with van der Waals surface area (Å²) < 4.78 is 79.1. The van der Waals surface area contributed by atoms with Crippen LogP contribution in [0.3, 0.4) is 0 Å². The van der Waals surface area contributed by atoms with Gasteiger partial charge in [-0.25, -0.2) is 4.79 Å². The maximum absolute atomic E-state index is 12.6. The monoisotopic (exact) mass is 412 g/mol. The topological polar surface area (TPSA) is 32.8 Å². The second kappa shape index (κ2) is 8.18. The zero-order valence-corrected chi connectivity index (χ0v) is 15.5. The molecule has 0 atom stereocenters. The second-order valence-corrected chi connectivity index (χ2v) is 7.11. The van der Waals surface area contributed by atoms with Crippen molar-refractivity contribution in [2.45, 2.75) is 50.8 Å². The molecule has 0 unspecified atom stereocenters. The van der Waals surface area contributed by atoms with Crippen molar-refractivity contribution in [3.63, 3.8) is 0 Å². The number of likely N-dealkylation sites (tertiary alicyclic amines) is 1. The van der Waals surface area contributed by atoms with Gasteiger partial charge in [0.05, 0.1) is 5.54 Å². The highest BCUT2D eigenvalue weighted by Crippen LogP contribution is 2.37. The number of rotatable bonds is 6. The number of benzene rings is 1. The molecule has 10 heteroatoms. The van der Waals surface area contributed by atoms with Gasteiger partial charge >= 0.3 is 18.4 Å². The summed E-state index contributed by atoms with van der Waals surface area (Å²) in [5, 5.41) is 0. The molecule has 1 heterocycles. The van der Waals surface area contributed by atoms with Crippen LogP contribution in [0.25, 0.3) is 0 Å². The molecule has 1 saturated heterocycles. The van der Waals surface area contributed by atoms with Gasteiger partial charge in [-0.1, -0.05) is 37.3 Å². The molecule has 2 rings (SSSR count). The van der Waals surface area contributed by atoms with Gasteiger partial charge in [-0.3, -0.25) is 4.90 Å². The first kappa shape index (κ1) is 22.3. The summed E-state index contributed by atoms with van der Waals surface area (Å²) in [6.07, 6.45) is -16.4. The smallest absolute Gasteiger partial charge is 0.426 e. The van der Waals surface area contributed by atoms with E-state index in [9.17, 15) is 31.1 Å². The Morgan fingerprint density at radius 3 is 2.14 bits per heavy atom. The van der Waals surface area contributed by atoms with Gasteiger partial charge in [0.15, 0.2) is 0 Å². The summed E-state index contributed by atoms with van der Waals surface area (Å²) in [5.41, 5.74) is 0.462. The van der Waals surface area contributed by atoms with Crippen LogP contribution in [-0.2, 0) is 11.3 Å². The summed E-state index contributed by atoms with van der Waals surface area (Å²) >= 11 is 0. The Kier molecular flexibility index (Phi) is 6.52. The van der Waals surface area contributed by atoms with Crippen molar-refractivity contribution in [1.29, 1.82) is 0 Å². The average Bonchev–Trinajstić information content (AvgIpc) is 2.55. The number of hydrogen-bond acceptors (Lipinski definition) is 3. The molecule has 1 aliphatic rings. The van der Waals surface area contributed by atoms with Gasteiger partial charge in [0.25, 0.3) is 6.10 Å². The Bertz CT molecular complexity index is 642. The van der Waals surface area contributed by atoms with Crippen LogP contribution in [0.15, 0.2) is 30.3 Å². The molecule has 0 bridgehead atoms. The van der Waals surface area contributed by atoms with Gasteiger partial charge in [0, 0.05) is 19.6 Å². The molecule has 0 aromatic heterocycles. The van der Waals surface area contributed by atoms with E-state index in [1.807, 2.05) is 44.2 Å². The lowest BCUT2D eigenvalue weighted by atomic mass is 9.89. The maximum Gasteiger partial charge on any atom is 0.434 e. The zero-order valence-electron chi connectivity index (χ0n) is 15.5. The fraction of sp³-hybridized carbons (Fsp3) is 0.611. The van der Waals surface area contributed by atoms with Crippen molar-refractivity contribution >= 4 is 6.09 Å². The molecule has 1 aromatic carbocycles. The van der Waals surface area contributed by atoms with Crippen molar-refractivity contribution in [3.05, 3.63) is 35.9 Å². The lowest BCUT2D eigenvalue weighted by Crippen LogP contribution is -2.70. The number of carbonyl (C=O) groups is 1. The minimum atomic E-state index is -5.72. The predicted octanol–water partition coefficient (Wildman–Crippen LogP) is 4.60. The standard InChI is InChI=1S/C18H22F6N2O2/c1-3-9-26(10-13-7-5-4-6-8-13)16(2)11-25(12-16)15(27)28-14(17(19,20)21)18(22,23)24/h4-8,14H,3,9-12H2,1-2H3. The largest absolute Gasteiger partial charge is 0.434 e. The Hall–Kier alpha value is -1.97. The molecular weight excluding hydrogens is 390 g/mol. The summed E-state index contributed by atoms with van der Waals surface area (Å²) in [7, 11) is 0. The van der Waals surface area contributed by atoms with Crippen molar-refractivity contribution in [2.75, 3.05) is 19.6 Å². The maximum atomic E-state index is 12.6. The minimum Gasteiger partial charge on any atom is -0.426 e. The van der Waals surface area contributed by atoms with E-state index in [0.29, 0.717) is 13.1 Å². The van der Waals surface area contributed by atoms with Crippen LogP contribution in [0, 0.1) is 0 Å². The van der Waals surface area contributed by atoms with Gasteiger partial charge in [0.1, 0.15) is 0 Å². The van der Waals surface area contributed by atoms with Crippen LogP contribution in [0.2, 0.25) is 0 Å². The van der Waals surface area contributed by atoms with Crippen LogP contribution in [0.4, 0.5) is 31.1 Å². The van der Waals surface area contributed by atoms with Gasteiger partial charge < -0.3 is 9.64 Å². The van der Waals surface area contributed by atoms with Crippen molar-refractivity contribution in [1.82, 2.24) is 9.80 Å². The first-order valence-electron chi connectivity index (χ1n) is 8.75. The molecular formula is C18H22F6N2O2. The first-order chi connectivity index (χ1) is 12.9. The van der Waals surface area contributed by atoms with Crippen molar-refractivity contribution in [2.24, 2.45) is 0 Å². The lowest BCUT2D eigenvalue weighted by Gasteiger charge is -2.53. The number of amides is 1. The Morgan fingerprint density at radius 1 is 1.14 bits per heavy atom. The first-order valence-corrected chi connectivity index (χ1v) is 8.75. The van der Waals surface area contributed by atoms with E-state index in [1.165, 1.54) is 0 Å². The highest BCUT2D eigenvalue weighted by Gasteiger charge is 2.61. The second-order valence-electron chi connectivity index (χ2n) is 7.11. The van der Waals surface area contributed by atoms with Gasteiger partial charge in [-0.2, -0.15) is 26.3 Å². The molecule has 0 saturated carbocycles. The molecule has 0 N–H and O–H groups in total. The summed E-state index contributed by atoms with van der Waals surface area (Å²) in [5.74, 6) is 0. The van der Waals surface area contributed by atoms with E-state index >= 15 is 0 Å². The van der Waals surface area contributed by atoms with E-state index < -0.39 is 30.1 Å². The molecule has 0 spiro atoms. The third kappa shape index (κ3) is 5.30. The van der Waals surface area contributed by atoms with Crippen molar-refractivity contribution in [3.8, 4) is 0 Å². The molecule has 28 heavy (non-hydrogen) atoms. The molecule has 1 aromatic rings. The number of carbonyl (C=O) groups excluding carboxylic acids is 1. The highest BCUT2D eigenvalue weighted by atomic mass is 19.4. The van der Waals surface area contributed by atoms with Crippen LogP contribution < -0.4 is 0 Å². The zero-order chi connectivity index (χ0) is 21.2. The SMILES string of the molecule is CCCN(Cc1ccccc1)C1(C)CN(C(=O)OC(C(F)(F)F)C(F)(F)F)C1. The van der Waals surface area contributed by atoms with Gasteiger partial charge in [0.2, 0.25) is 0 Å². The molecule has 1 aliphatic heterocycles. The lowest BCUT2D eigenvalue weighted by molar-refractivity contribution is -0.309. The van der Waals surface area contributed by atoms with Crippen LogP contribution >= 0.6 is 0 Å². The summed E-state index contributed by atoms with van der Waals surface area (Å²) in [6.45, 7) is 4.98. The number of hydrogen-bond donors (Lipinski definition) is 0. The third-order valence-electron chi connectivity index (χ3n) is 4.61. The van der Waals surface area contributed by atoms with Crippen molar-refractivity contribution < 1.29 is 35.9 Å². The molecule has 0 radical (unpaired) electrons. The van der Waals surface area contributed by atoms with E-state index in [1.54, 1.807) is 0 Å². The third-order valence-corrected chi connectivity index (χ3v) is 4.61. The van der Waals surface area contributed by atoms with Gasteiger partial charge in [-0.15, -0.1) is 0 Å². The van der Waals surface area contributed by atoms with Crippen LogP contribution in [-0.4, -0.2) is 59.5 Å². The molecule has 4 nitrogen and oxygen atoms in total. The predicted molar refractivity (Wildman–Crippen MR) is 89.5 cm³/mol. The average molecular weight is 412 g/mol.